The van der Waals surface area contributed by atoms with E-state index in [9.17, 15) is 14.7 Å². The topological polar surface area (TPSA) is 95.9 Å². The number of ether oxygens (including phenoxy) is 1. The molecule has 17 heavy (non-hydrogen) atoms. The molecule has 0 aliphatic rings. The lowest BCUT2D eigenvalue weighted by molar-refractivity contribution is 0.0696. The Morgan fingerprint density at radius 2 is 2.06 bits per heavy atom. The first-order chi connectivity index (χ1) is 8.01. The maximum atomic E-state index is 11.6. The Bertz CT molecular complexity index is 455. The number of hydrogen-bond acceptors (Lipinski definition) is 5. The van der Waals surface area contributed by atoms with Gasteiger partial charge in [0.05, 0.1) is 24.8 Å². The summed E-state index contributed by atoms with van der Waals surface area (Å²) in [5.74, 6) is -1.99. The average Bonchev–Trinajstić information content (AvgIpc) is 2.29. The first-order valence-electron chi connectivity index (χ1n) is 4.83. The number of carbonyl (C=O) groups is 2. The van der Waals surface area contributed by atoms with Gasteiger partial charge in [0.25, 0.3) is 0 Å². The molecule has 0 bridgehead atoms. The van der Waals surface area contributed by atoms with E-state index >= 15 is 0 Å². The molecule has 0 amide bonds. The van der Waals surface area contributed by atoms with E-state index in [1.165, 1.54) is 7.11 Å². The molecule has 0 spiro atoms. The van der Waals surface area contributed by atoms with Gasteiger partial charge in [-0.25, -0.2) is 4.79 Å². The van der Waals surface area contributed by atoms with E-state index in [2.05, 4.69) is 5.32 Å². The van der Waals surface area contributed by atoms with Crippen LogP contribution in [0, 0.1) is 0 Å². The summed E-state index contributed by atoms with van der Waals surface area (Å²) in [7, 11) is 2.86. The summed E-state index contributed by atoms with van der Waals surface area (Å²) in [4.78, 5) is 22.5. The molecule has 92 valence electrons. The van der Waals surface area contributed by atoms with Crippen molar-refractivity contribution in [3.05, 3.63) is 23.3 Å². The Morgan fingerprint density at radius 1 is 1.41 bits per heavy atom. The molecular weight excluding hydrogens is 226 g/mol. The molecule has 0 unspecified atom stereocenters. The van der Waals surface area contributed by atoms with E-state index in [-0.39, 0.29) is 29.2 Å². The van der Waals surface area contributed by atoms with Crippen molar-refractivity contribution in [2.75, 3.05) is 20.7 Å². The van der Waals surface area contributed by atoms with Crippen molar-refractivity contribution in [3.8, 4) is 11.5 Å². The number of likely N-dealkylation sites (N-methyl/N-ethyl adjacent to an activating group) is 1. The van der Waals surface area contributed by atoms with Crippen molar-refractivity contribution in [1.82, 2.24) is 5.32 Å². The summed E-state index contributed by atoms with van der Waals surface area (Å²) < 4.78 is 4.82. The molecule has 0 radical (unpaired) electrons. The fraction of sp³-hybridized carbons (Fsp3) is 0.273. The fourth-order valence-corrected chi connectivity index (χ4v) is 1.36. The Kier molecular flexibility index (Phi) is 4.06. The number of carboxylic acid groups (broad SMARTS) is 1. The zero-order valence-electron chi connectivity index (χ0n) is 9.48. The number of carbonyl (C=O) groups excluding carboxylic acids is 1. The second-order valence-electron chi connectivity index (χ2n) is 3.33. The number of methoxy groups -OCH3 is 1. The normalized spacial score (nSPS) is 10.0. The largest absolute Gasteiger partial charge is 0.504 e. The third kappa shape index (κ3) is 2.73. The summed E-state index contributed by atoms with van der Waals surface area (Å²) in [5, 5.41) is 21.2. The van der Waals surface area contributed by atoms with Crippen molar-refractivity contribution in [2.45, 2.75) is 0 Å². The van der Waals surface area contributed by atoms with E-state index in [0.29, 0.717) is 0 Å². The van der Waals surface area contributed by atoms with Crippen LogP contribution in [0.5, 0.6) is 11.5 Å². The summed E-state index contributed by atoms with van der Waals surface area (Å²) >= 11 is 0. The number of phenolic OH excluding ortho intramolecular Hbond substituents is 1. The van der Waals surface area contributed by atoms with E-state index in [1.807, 2.05) is 0 Å². The number of aromatic hydroxyl groups is 1. The summed E-state index contributed by atoms with van der Waals surface area (Å²) in [6.07, 6.45) is 0. The lowest BCUT2D eigenvalue weighted by Crippen LogP contribution is -2.19. The smallest absolute Gasteiger partial charge is 0.335 e. The highest BCUT2D eigenvalue weighted by molar-refractivity contribution is 6.03. The molecule has 0 aromatic heterocycles. The molecule has 0 atom stereocenters. The van der Waals surface area contributed by atoms with Gasteiger partial charge in [0.1, 0.15) is 0 Å². The van der Waals surface area contributed by atoms with Gasteiger partial charge in [0, 0.05) is 0 Å². The number of rotatable bonds is 5. The number of aromatic carboxylic acids is 1. The molecule has 0 aliphatic carbocycles. The molecule has 6 heteroatoms. The highest BCUT2D eigenvalue weighted by atomic mass is 16.5. The van der Waals surface area contributed by atoms with Crippen LogP contribution in [0.2, 0.25) is 0 Å². The van der Waals surface area contributed by atoms with E-state index in [1.54, 1.807) is 7.05 Å². The third-order valence-electron chi connectivity index (χ3n) is 2.18. The van der Waals surface area contributed by atoms with Crippen molar-refractivity contribution in [2.24, 2.45) is 0 Å². The summed E-state index contributed by atoms with van der Waals surface area (Å²) in [6.45, 7) is -0.000212. The minimum absolute atomic E-state index is 0.000212. The molecule has 1 aromatic carbocycles. The molecule has 0 saturated carbocycles. The van der Waals surface area contributed by atoms with Crippen LogP contribution in [-0.4, -0.2) is 42.7 Å². The Morgan fingerprint density at radius 3 is 2.53 bits per heavy atom. The number of ketones is 1. The molecule has 0 saturated heterocycles. The van der Waals surface area contributed by atoms with Crippen molar-refractivity contribution >= 4 is 11.8 Å². The first-order valence-corrected chi connectivity index (χ1v) is 4.83. The molecule has 1 rings (SSSR count). The summed E-state index contributed by atoms with van der Waals surface area (Å²) in [5.41, 5.74) is -0.185. The molecule has 1 aromatic rings. The molecule has 6 nitrogen and oxygen atoms in total. The monoisotopic (exact) mass is 239 g/mol. The van der Waals surface area contributed by atoms with Crippen LogP contribution in [0.15, 0.2) is 12.1 Å². The first kappa shape index (κ1) is 13.0. The second kappa shape index (κ2) is 5.31. The molecular formula is C11H13NO5. The Balaban J connectivity index is 3.32. The van der Waals surface area contributed by atoms with Gasteiger partial charge in [-0.2, -0.15) is 0 Å². The fourth-order valence-electron chi connectivity index (χ4n) is 1.36. The average molecular weight is 239 g/mol. The zero-order chi connectivity index (χ0) is 13.0. The van der Waals surface area contributed by atoms with Crippen LogP contribution >= 0.6 is 0 Å². The van der Waals surface area contributed by atoms with Crippen molar-refractivity contribution in [1.29, 1.82) is 0 Å². The quantitative estimate of drug-likeness (QED) is 0.647. The minimum Gasteiger partial charge on any atom is -0.504 e. The molecule has 0 aliphatic heterocycles. The summed E-state index contributed by atoms with van der Waals surface area (Å²) in [6, 6.07) is 2.29. The van der Waals surface area contributed by atoms with Crippen LogP contribution in [0.1, 0.15) is 20.7 Å². The predicted molar refractivity (Wildman–Crippen MR) is 59.9 cm³/mol. The lowest BCUT2D eigenvalue weighted by Gasteiger charge is -2.09. The molecule has 0 heterocycles. The third-order valence-corrected chi connectivity index (χ3v) is 2.18. The maximum absolute atomic E-state index is 11.6. The number of hydrogen-bond donors (Lipinski definition) is 3. The van der Waals surface area contributed by atoms with Gasteiger partial charge in [-0.3, -0.25) is 4.79 Å². The van der Waals surface area contributed by atoms with Crippen LogP contribution in [0.25, 0.3) is 0 Å². The number of benzene rings is 1. The molecule has 3 N–H and O–H groups in total. The number of phenols is 1. The zero-order valence-corrected chi connectivity index (χ0v) is 9.48. The van der Waals surface area contributed by atoms with Gasteiger partial charge in [-0.05, 0) is 19.2 Å². The Labute approximate surface area is 97.8 Å². The van der Waals surface area contributed by atoms with Crippen LogP contribution in [0.4, 0.5) is 0 Å². The highest BCUT2D eigenvalue weighted by Gasteiger charge is 2.18. The number of Topliss-reactive ketones (excluding diaryl/α,β-unsaturated/α-hetero) is 1. The van der Waals surface area contributed by atoms with Gasteiger partial charge < -0.3 is 20.3 Å². The van der Waals surface area contributed by atoms with Crippen LogP contribution in [-0.2, 0) is 0 Å². The van der Waals surface area contributed by atoms with E-state index < -0.39 is 11.8 Å². The van der Waals surface area contributed by atoms with Crippen LogP contribution in [0.3, 0.4) is 0 Å². The van der Waals surface area contributed by atoms with Gasteiger partial charge in [0.2, 0.25) is 0 Å². The van der Waals surface area contributed by atoms with Crippen LogP contribution < -0.4 is 10.1 Å². The standard InChI is InChI=1S/C11H13NO5/c1-12-5-8(13)7-3-6(11(15)16)4-9(17-2)10(7)14/h3-4,12,14H,5H2,1-2H3,(H,15,16). The van der Waals surface area contributed by atoms with Gasteiger partial charge in [-0.15, -0.1) is 0 Å². The van der Waals surface area contributed by atoms with Crippen molar-refractivity contribution in [3.63, 3.8) is 0 Å². The molecule has 0 fully saturated rings. The number of carboxylic acids is 1. The van der Waals surface area contributed by atoms with Gasteiger partial charge >= 0.3 is 5.97 Å². The highest BCUT2D eigenvalue weighted by Crippen LogP contribution is 2.31. The minimum atomic E-state index is -1.19. The lowest BCUT2D eigenvalue weighted by atomic mass is 10.0. The van der Waals surface area contributed by atoms with Crippen molar-refractivity contribution < 1.29 is 24.5 Å². The van der Waals surface area contributed by atoms with Gasteiger partial charge in [-0.1, -0.05) is 0 Å². The van der Waals surface area contributed by atoms with Gasteiger partial charge in [0.15, 0.2) is 17.3 Å². The maximum Gasteiger partial charge on any atom is 0.335 e. The number of nitrogens with one attached hydrogen (secondary N) is 1. The second-order valence-corrected chi connectivity index (χ2v) is 3.33. The predicted octanol–water partition coefficient (Wildman–Crippen LogP) is 0.501. The Hall–Kier alpha value is -2.08. The van der Waals surface area contributed by atoms with E-state index in [0.717, 1.165) is 12.1 Å². The SMILES string of the molecule is CNCC(=O)c1cc(C(=O)O)cc(OC)c1O. The van der Waals surface area contributed by atoms with E-state index in [4.69, 9.17) is 9.84 Å².